The van der Waals surface area contributed by atoms with Crippen LogP contribution in [0.4, 0.5) is 18.9 Å². The summed E-state index contributed by atoms with van der Waals surface area (Å²) in [5.74, 6) is -0.303. The summed E-state index contributed by atoms with van der Waals surface area (Å²) in [6.07, 6.45) is 1.91. The van der Waals surface area contributed by atoms with E-state index in [-0.39, 0.29) is 11.5 Å². The number of hydrogen-bond acceptors (Lipinski definition) is 4. The Kier molecular flexibility index (Phi) is 7.15. The van der Waals surface area contributed by atoms with Crippen molar-refractivity contribution in [2.45, 2.75) is 75.2 Å². The van der Waals surface area contributed by atoms with Crippen molar-refractivity contribution < 1.29 is 18.0 Å². The maximum absolute atomic E-state index is 14.0. The van der Waals surface area contributed by atoms with Crippen molar-refractivity contribution >= 4 is 11.6 Å². The minimum Gasteiger partial charge on any atom is -0.378 e. The molecule has 5 nitrogen and oxygen atoms in total. The van der Waals surface area contributed by atoms with Crippen molar-refractivity contribution in [2.24, 2.45) is 5.92 Å². The highest BCUT2D eigenvalue weighted by molar-refractivity contribution is 5.83. The summed E-state index contributed by atoms with van der Waals surface area (Å²) in [4.78, 5) is 14.8. The van der Waals surface area contributed by atoms with Gasteiger partial charge in [0.15, 0.2) is 0 Å². The molecule has 0 bridgehead atoms. The SMILES string of the molecule is CN(C)c1ccc([C@H](N[C@@H](CC2CCCCC2)C(=O)NC2(C#N)CC2)C(F)(F)F)cc1. The van der Waals surface area contributed by atoms with Gasteiger partial charge >= 0.3 is 6.18 Å². The standard InChI is InChI=1S/C23H31F3N4O/c1-30(2)18-10-8-17(9-11-18)20(23(24,25)26)28-19(14-16-6-4-3-5-7-16)21(31)29-22(15-27)12-13-22/h8-11,16,19-20,28H,3-7,12-14H2,1-2H3,(H,29,31)/t19-,20-/m0/s1. The van der Waals surface area contributed by atoms with Crippen LogP contribution < -0.4 is 15.5 Å². The van der Waals surface area contributed by atoms with Gasteiger partial charge in [0.05, 0.1) is 12.1 Å². The molecular formula is C23H31F3N4O. The molecule has 2 aliphatic carbocycles. The lowest BCUT2D eigenvalue weighted by molar-refractivity contribution is -0.161. The summed E-state index contributed by atoms with van der Waals surface area (Å²) < 4.78 is 42.1. The Bertz CT molecular complexity index is 791. The Morgan fingerprint density at radius 1 is 1.19 bits per heavy atom. The Morgan fingerprint density at radius 2 is 1.81 bits per heavy atom. The number of amides is 1. The first kappa shape index (κ1) is 23.4. The molecule has 0 radical (unpaired) electrons. The summed E-state index contributed by atoms with van der Waals surface area (Å²) >= 11 is 0. The van der Waals surface area contributed by atoms with Crippen LogP contribution in [-0.4, -0.2) is 37.8 Å². The van der Waals surface area contributed by atoms with Crippen LogP contribution in [0.2, 0.25) is 0 Å². The van der Waals surface area contributed by atoms with E-state index in [0.29, 0.717) is 19.3 Å². The summed E-state index contributed by atoms with van der Waals surface area (Å²) in [6, 6.07) is 5.31. The summed E-state index contributed by atoms with van der Waals surface area (Å²) in [7, 11) is 3.64. The molecule has 31 heavy (non-hydrogen) atoms. The van der Waals surface area contributed by atoms with Crippen LogP contribution in [-0.2, 0) is 4.79 Å². The molecule has 2 atom stereocenters. The lowest BCUT2D eigenvalue weighted by Gasteiger charge is -2.31. The molecule has 0 saturated heterocycles. The number of benzene rings is 1. The number of hydrogen-bond donors (Lipinski definition) is 2. The van der Waals surface area contributed by atoms with Gasteiger partial charge in [0.25, 0.3) is 0 Å². The van der Waals surface area contributed by atoms with E-state index in [2.05, 4.69) is 16.7 Å². The lowest BCUT2D eigenvalue weighted by Crippen LogP contribution is -2.52. The number of rotatable bonds is 8. The van der Waals surface area contributed by atoms with Gasteiger partial charge in [0.1, 0.15) is 11.6 Å². The molecule has 2 N–H and O–H groups in total. The van der Waals surface area contributed by atoms with Crippen LogP contribution in [0.3, 0.4) is 0 Å². The van der Waals surface area contributed by atoms with Gasteiger partial charge in [-0.3, -0.25) is 10.1 Å². The van der Waals surface area contributed by atoms with Crippen molar-refractivity contribution in [1.82, 2.24) is 10.6 Å². The molecule has 1 aromatic rings. The minimum absolute atomic E-state index is 0.0703. The zero-order valence-corrected chi connectivity index (χ0v) is 18.1. The third-order valence-electron chi connectivity index (χ3n) is 6.37. The maximum atomic E-state index is 14.0. The third-order valence-corrected chi connectivity index (χ3v) is 6.37. The minimum atomic E-state index is -4.56. The summed E-state index contributed by atoms with van der Waals surface area (Å²) in [5, 5.41) is 14.6. The van der Waals surface area contributed by atoms with Gasteiger partial charge < -0.3 is 10.2 Å². The van der Waals surface area contributed by atoms with Crippen LogP contribution in [0.1, 0.15) is 63.0 Å². The van der Waals surface area contributed by atoms with Crippen LogP contribution in [0.5, 0.6) is 0 Å². The topological polar surface area (TPSA) is 68.2 Å². The van der Waals surface area contributed by atoms with Crippen molar-refractivity contribution in [2.75, 3.05) is 19.0 Å². The molecule has 0 spiro atoms. The molecule has 0 aliphatic heterocycles. The van der Waals surface area contributed by atoms with Gasteiger partial charge in [-0.25, -0.2) is 0 Å². The Hall–Kier alpha value is -2.27. The highest BCUT2D eigenvalue weighted by Gasteiger charge is 2.47. The fourth-order valence-electron chi connectivity index (χ4n) is 4.27. The predicted molar refractivity (Wildman–Crippen MR) is 113 cm³/mol. The van der Waals surface area contributed by atoms with Gasteiger partial charge in [0, 0.05) is 19.8 Å². The molecule has 2 fully saturated rings. The van der Waals surface area contributed by atoms with Gasteiger partial charge in [-0.15, -0.1) is 0 Å². The average Bonchev–Trinajstić information content (AvgIpc) is 3.50. The highest BCUT2D eigenvalue weighted by atomic mass is 19.4. The second-order valence-electron chi connectivity index (χ2n) is 9.10. The van der Waals surface area contributed by atoms with Crippen molar-refractivity contribution in [3.05, 3.63) is 29.8 Å². The van der Waals surface area contributed by atoms with E-state index in [4.69, 9.17) is 0 Å². The molecule has 8 heteroatoms. The maximum Gasteiger partial charge on any atom is 0.407 e. The largest absolute Gasteiger partial charge is 0.407 e. The molecule has 1 amide bonds. The second kappa shape index (κ2) is 9.47. The van der Waals surface area contributed by atoms with Gasteiger partial charge in [0.2, 0.25) is 5.91 Å². The van der Waals surface area contributed by atoms with Crippen molar-refractivity contribution in [3.63, 3.8) is 0 Å². The first-order valence-corrected chi connectivity index (χ1v) is 11.0. The van der Waals surface area contributed by atoms with Crippen LogP contribution in [0, 0.1) is 17.2 Å². The third kappa shape index (κ3) is 6.13. The van der Waals surface area contributed by atoms with Gasteiger partial charge in [-0.1, -0.05) is 44.2 Å². The van der Waals surface area contributed by atoms with E-state index >= 15 is 0 Å². The zero-order valence-electron chi connectivity index (χ0n) is 18.1. The van der Waals surface area contributed by atoms with E-state index in [9.17, 15) is 23.2 Å². The number of carbonyl (C=O) groups is 1. The van der Waals surface area contributed by atoms with Crippen molar-refractivity contribution in [3.8, 4) is 6.07 Å². The summed E-state index contributed by atoms with van der Waals surface area (Å²) in [5.41, 5.74) is -0.0446. The van der Waals surface area contributed by atoms with Crippen LogP contribution in [0.25, 0.3) is 0 Å². The number of carbonyl (C=O) groups excluding carboxylic acids is 1. The van der Waals surface area contributed by atoms with E-state index in [1.165, 1.54) is 12.1 Å². The second-order valence-corrected chi connectivity index (χ2v) is 9.10. The summed E-state index contributed by atoms with van der Waals surface area (Å²) in [6.45, 7) is 0. The van der Waals surface area contributed by atoms with Crippen molar-refractivity contribution in [1.29, 1.82) is 5.26 Å². The number of nitrogens with zero attached hydrogens (tertiary/aromatic N) is 2. The first-order valence-electron chi connectivity index (χ1n) is 11.0. The van der Waals surface area contributed by atoms with Gasteiger partial charge in [-0.2, -0.15) is 18.4 Å². The first-order chi connectivity index (χ1) is 14.6. The normalized spacial score (nSPS) is 20.4. The molecule has 3 rings (SSSR count). The number of halogens is 3. The Labute approximate surface area is 182 Å². The molecule has 2 aliphatic rings. The highest BCUT2D eigenvalue weighted by Crippen LogP contribution is 2.37. The number of alkyl halides is 3. The predicted octanol–water partition coefficient (Wildman–Crippen LogP) is 4.46. The molecule has 1 aromatic carbocycles. The van der Waals surface area contributed by atoms with E-state index in [1.54, 1.807) is 12.1 Å². The molecule has 0 unspecified atom stereocenters. The zero-order chi connectivity index (χ0) is 22.6. The molecule has 0 aromatic heterocycles. The van der Waals surface area contributed by atoms with Crippen LogP contribution >= 0.6 is 0 Å². The molecular weight excluding hydrogens is 405 g/mol. The van der Waals surface area contributed by atoms with E-state index < -0.39 is 29.7 Å². The van der Waals surface area contributed by atoms with Gasteiger partial charge in [-0.05, 0) is 42.9 Å². The smallest absolute Gasteiger partial charge is 0.378 e. The van der Waals surface area contributed by atoms with Crippen LogP contribution in [0.15, 0.2) is 24.3 Å². The molecule has 2 saturated carbocycles. The molecule has 170 valence electrons. The lowest BCUT2D eigenvalue weighted by atomic mass is 9.84. The Balaban J connectivity index is 1.82. The fourth-order valence-corrected chi connectivity index (χ4v) is 4.27. The average molecular weight is 437 g/mol. The van der Waals surface area contributed by atoms with E-state index in [1.807, 2.05) is 19.0 Å². The fraction of sp³-hybridized carbons (Fsp3) is 0.652. The Morgan fingerprint density at radius 3 is 2.29 bits per heavy atom. The number of anilines is 1. The molecule has 0 heterocycles. The number of nitriles is 1. The van der Waals surface area contributed by atoms with E-state index in [0.717, 1.165) is 37.8 Å². The monoisotopic (exact) mass is 436 g/mol. The quantitative estimate of drug-likeness (QED) is 0.632. The number of nitrogens with one attached hydrogen (secondary N) is 2.